The van der Waals surface area contributed by atoms with E-state index in [1.54, 1.807) is 38.3 Å². The predicted octanol–water partition coefficient (Wildman–Crippen LogP) is 3.09. The van der Waals surface area contributed by atoms with Crippen molar-refractivity contribution < 1.29 is 23.5 Å². The molecule has 2 aromatic rings. The van der Waals surface area contributed by atoms with E-state index in [0.717, 1.165) is 0 Å². The summed E-state index contributed by atoms with van der Waals surface area (Å²) in [4.78, 5) is 25.9. The average Bonchev–Trinajstić information content (AvgIpc) is 2.67. The van der Waals surface area contributed by atoms with Crippen LogP contribution in [0.4, 0.5) is 10.1 Å². The zero-order valence-corrected chi connectivity index (χ0v) is 15.4. The maximum absolute atomic E-state index is 12.8. The summed E-state index contributed by atoms with van der Waals surface area (Å²) >= 11 is 0. The van der Waals surface area contributed by atoms with Crippen LogP contribution in [0.25, 0.3) is 0 Å². The minimum atomic E-state index is -0.349. The Kier molecular flexibility index (Phi) is 7.61. The molecule has 0 aliphatic carbocycles. The standard InChI is InChI=1S/C20H23FN2O4/c1-3-23(14-19(24)22-16-5-4-6-18(13-16)26-2)20(25)11-12-27-17-9-7-15(21)8-10-17/h4-10,13H,3,11-12,14H2,1-2H3,(H,22,24). The largest absolute Gasteiger partial charge is 0.497 e. The lowest BCUT2D eigenvalue weighted by atomic mass is 10.3. The summed E-state index contributed by atoms with van der Waals surface area (Å²) in [6.07, 6.45) is 0.123. The zero-order valence-electron chi connectivity index (χ0n) is 15.4. The highest BCUT2D eigenvalue weighted by Crippen LogP contribution is 2.16. The molecule has 0 aliphatic heterocycles. The summed E-state index contributed by atoms with van der Waals surface area (Å²) in [7, 11) is 1.55. The van der Waals surface area contributed by atoms with Crippen molar-refractivity contribution in [2.24, 2.45) is 0 Å². The molecule has 2 amide bonds. The molecule has 2 aromatic carbocycles. The molecule has 0 saturated carbocycles. The fourth-order valence-corrected chi connectivity index (χ4v) is 2.40. The highest BCUT2D eigenvalue weighted by atomic mass is 19.1. The van der Waals surface area contributed by atoms with E-state index in [0.29, 0.717) is 23.7 Å². The molecule has 0 atom stereocenters. The van der Waals surface area contributed by atoms with E-state index in [2.05, 4.69) is 5.32 Å². The van der Waals surface area contributed by atoms with Gasteiger partial charge >= 0.3 is 0 Å². The number of nitrogens with one attached hydrogen (secondary N) is 1. The number of likely N-dealkylation sites (N-methyl/N-ethyl adjacent to an activating group) is 1. The number of anilines is 1. The van der Waals surface area contributed by atoms with Crippen LogP contribution in [-0.4, -0.2) is 43.5 Å². The third-order valence-corrected chi connectivity index (χ3v) is 3.82. The molecule has 7 heteroatoms. The van der Waals surface area contributed by atoms with Gasteiger partial charge in [0.2, 0.25) is 11.8 Å². The maximum Gasteiger partial charge on any atom is 0.243 e. The van der Waals surface area contributed by atoms with Crippen molar-refractivity contribution in [3.63, 3.8) is 0 Å². The monoisotopic (exact) mass is 374 g/mol. The first-order valence-electron chi connectivity index (χ1n) is 8.62. The van der Waals surface area contributed by atoms with Crippen molar-refractivity contribution in [1.82, 2.24) is 4.90 Å². The number of rotatable bonds is 9. The number of methoxy groups -OCH3 is 1. The minimum Gasteiger partial charge on any atom is -0.497 e. The van der Waals surface area contributed by atoms with Crippen LogP contribution in [0.15, 0.2) is 48.5 Å². The Labute approximate surface area is 157 Å². The van der Waals surface area contributed by atoms with Gasteiger partial charge in [0, 0.05) is 18.3 Å². The first-order chi connectivity index (χ1) is 13.0. The average molecular weight is 374 g/mol. The molecular formula is C20H23FN2O4. The number of carbonyl (C=O) groups excluding carboxylic acids is 2. The van der Waals surface area contributed by atoms with E-state index in [1.165, 1.54) is 29.2 Å². The van der Waals surface area contributed by atoms with Crippen LogP contribution in [0.3, 0.4) is 0 Å². The summed E-state index contributed by atoms with van der Waals surface area (Å²) < 4.78 is 23.4. The van der Waals surface area contributed by atoms with E-state index in [4.69, 9.17) is 9.47 Å². The Morgan fingerprint density at radius 3 is 2.52 bits per heavy atom. The van der Waals surface area contributed by atoms with Gasteiger partial charge in [0.25, 0.3) is 0 Å². The lowest BCUT2D eigenvalue weighted by molar-refractivity contribution is -0.134. The van der Waals surface area contributed by atoms with Crippen molar-refractivity contribution in [1.29, 1.82) is 0 Å². The topological polar surface area (TPSA) is 67.9 Å². The fourth-order valence-electron chi connectivity index (χ4n) is 2.40. The Hall–Kier alpha value is -3.09. The van der Waals surface area contributed by atoms with Gasteiger partial charge in [-0.05, 0) is 43.3 Å². The number of carbonyl (C=O) groups is 2. The number of hydrogen-bond donors (Lipinski definition) is 1. The summed E-state index contributed by atoms with van der Waals surface area (Å²) in [5, 5.41) is 2.74. The molecule has 0 heterocycles. The number of ether oxygens (including phenoxy) is 2. The Morgan fingerprint density at radius 2 is 1.85 bits per heavy atom. The van der Waals surface area contributed by atoms with E-state index in [9.17, 15) is 14.0 Å². The van der Waals surface area contributed by atoms with Gasteiger partial charge in [0.1, 0.15) is 17.3 Å². The number of hydrogen-bond acceptors (Lipinski definition) is 4. The van der Waals surface area contributed by atoms with Gasteiger partial charge in [0.15, 0.2) is 0 Å². The quantitative estimate of drug-likeness (QED) is 0.732. The predicted molar refractivity (Wildman–Crippen MR) is 100 cm³/mol. The van der Waals surface area contributed by atoms with Gasteiger partial charge in [-0.3, -0.25) is 9.59 Å². The molecule has 0 saturated heterocycles. The van der Waals surface area contributed by atoms with Crippen molar-refractivity contribution in [2.75, 3.05) is 32.1 Å². The Bertz CT molecular complexity index is 765. The van der Waals surface area contributed by atoms with Crippen LogP contribution in [0, 0.1) is 5.82 Å². The van der Waals surface area contributed by atoms with Crippen LogP contribution in [0.5, 0.6) is 11.5 Å². The second kappa shape index (κ2) is 10.2. The molecule has 0 spiro atoms. The third kappa shape index (κ3) is 6.62. The number of halogens is 1. The first kappa shape index (κ1) is 20.2. The van der Waals surface area contributed by atoms with E-state index >= 15 is 0 Å². The number of benzene rings is 2. The van der Waals surface area contributed by atoms with Gasteiger partial charge < -0.3 is 19.7 Å². The third-order valence-electron chi connectivity index (χ3n) is 3.82. The highest BCUT2D eigenvalue weighted by molar-refractivity contribution is 5.94. The fraction of sp³-hybridized carbons (Fsp3) is 0.300. The van der Waals surface area contributed by atoms with Crippen molar-refractivity contribution in [3.8, 4) is 11.5 Å². The summed E-state index contributed by atoms with van der Waals surface area (Å²) in [5.74, 6) is 0.285. The van der Waals surface area contributed by atoms with Gasteiger partial charge in [-0.1, -0.05) is 6.07 Å². The molecule has 0 fully saturated rings. The van der Waals surface area contributed by atoms with Crippen LogP contribution in [0.2, 0.25) is 0 Å². The van der Waals surface area contributed by atoms with Crippen LogP contribution >= 0.6 is 0 Å². The van der Waals surface area contributed by atoms with Crippen LogP contribution in [-0.2, 0) is 9.59 Å². The van der Waals surface area contributed by atoms with E-state index in [1.807, 2.05) is 0 Å². The van der Waals surface area contributed by atoms with E-state index < -0.39 is 0 Å². The van der Waals surface area contributed by atoms with Gasteiger partial charge in [-0.25, -0.2) is 4.39 Å². The Balaban J connectivity index is 1.80. The molecule has 0 aromatic heterocycles. The normalized spacial score (nSPS) is 10.2. The SMILES string of the molecule is CCN(CC(=O)Nc1cccc(OC)c1)C(=O)CCOc1ccc(F)cc1. The van der Waals surface area contributed by atoms with E-state index in [-0.39, 0.29) is 37.2 Å². The molecule has 0 radical (unpaired) electrons. The molecule has 144 valence electrons. The summed E-state index contributed by atoms with van der Waals surface area (Å²) in [6.45, 7) is 2.31. The highest BCUT2D eigenvalue weighted by Gasteiger charge is 2.16. The van der Waals surface area contributed by atoms with Gasteiger partial charge in [-0.15, -0.1) is 0 Å². The minimum absolute atomic E-state index is 0.0525. The second-order valence-electron chi connectivity index (χ2n) is 5.74. The first-order valence-corrected chi connectivity index (χ1v) is 8.62. The molecule has 0 unspecified atom stereocenters. The van der Waals surface area contributed by atoms with Gasteiger partial charge in [0.05, 0.1) is 26.7 Å². The number of nitrogens with zero attached hydrogens (tertiary/aromatic N) is 1. The molecule has 6 nitrogen and oxygen atoms in total. The number of amides is 2. The lowest BCUT2D eigenvalue weighted by Crippen LogP contribution is -2.38. The smallest absolute Gasteiger partial charge is 0.243 e. The van der Waals surface area contributed by atoms with Crippen LogP contribution < -0.4 is 14.8 Å². The molecular weight excluding hydrogens is 351 g/mol. The lowest BCUT2D eigenvalue weighted by Gasteiger charge is -2.20. The maximum atomic E-state index is 12.8. The van der Waals surface area contributed by atoms with Crippen molar-refractivity contribution >= 4 is 17.5 Å². The molecule has 0 bridgehead atoms. The Morgan fingerprint density at radius 1 is 1.11 bits per heavy atom. The molecule has 1 N–H and O–H groups in total. The van der Waals surface area contributed by atoms with Crippen LogP contribution in [0.1, 0.15) is 13.3 Å². The van der Waals surface area contributed by atoms with Crippen molar-refractivity contribution in [2.45, 2.75) is 13.3 Å². The summed E-state index contributed by atoms with van der Waals surface area (Å²) in [6, 6.07) is 12.6. The molecule has 0 aliphatic rings. The zero-order chi connectivity index (χ0) is 19.6. The van der Waals surface area contributed by atoms with Gasteiger partial charge in [-0.2, -0.15) is 0 Å². The summed E-state index contributed by atoms with van der Waals surface area (Å²) in [5.41, 5.74) is 0.600. The van der Waals surface area contributed by atoms with Crippen molar-refractivity contribution in [3.05, 3.63) is 54.3 Å². The molecule has 2 rings (SSSR count). The second-order valence-corrected chi connectivity index (χ2v) is 5.74. The molecule has 27 heavy (non-hydrogen) atoms.